The van der Waals surface area contributed by atoms with Crippen molar-refractivity contribution in [1.82, 2.24) is 19.1 Å². The highest BCUT2D eigenvalue weighted by atomic mass is 16.3. The lowest BCUT2D eigenvalue weighted by Crippen LogP contribution is -2.50. The summed E-state index contributed by atoms with van der Waals surface area (Å²) in [5.74, 6) is 0.235. The average molecular weight is 444 g/mol. The first kappa shape index (κ1) is 20.6. The van der Waals surface area contributed by atoms with E-state index in [0.717, 1.165) is 11.3 Å². The molecular weight excluding hydrogens is 420 g/mol. The SMILES string of the molecule is O=C(Nc1cccc(Cn2nc3ccccn3c2=O)c1)N1CCN(c2cccc(O)c2)CC1. The van der Waals surface area contributed by atoms with Gasteiger partial charge in [-0.25, -0.2) is 14.3 Å². The number of hydrogen-bond acceptors (Lipinski definition) is 5. The van der Waals surface area contributed by atoms with Crippen LogP contribution in [0.3, 0.4) is 0 Å². The first-order valence-corrected chi connectivity index (χ1v) is 10.8. The number of urea groups is 1. The van der Waals surface area contributed by atoms with Crippen LogP contribution in [0.15, 0.2) is 77.7 Å². The summed E-state index contributed by atoms with van der Waals surface area (Å²) in [5, 5.41) is 17.0. The molecule has 1 aliphatic rings. The minimum absolute atomic E-state index is 0.160. The van der Waals surface area contributed by atoms with E-state index in [2.05, 4.69) is 15.3 Å². The van der Waals surface area contributed by atoms with Gasteiger partial charge in [0.2, 0.25) is 0 Å². The second-order valence-corrected chi connectivity index (χ2v) is 7.99. The van der Waals surface area contributed by atoms with E-state index in [0.29, 0.717) is 44.1 Å². The molecule has 9 nitrogen and oxygen atoms in total. The van der Waals surface area contributed by atoms with Gasteiger partial charge in [0.05, 0.1) is 6.54 Å². The summed E-state index contributed by atoms with van der Waals surface area (Å²) in [6.45, 7) is 2.85. The molecule has 5 rings (SSSR count). The maximum Gasteiger partial charge on any atom is 0.350 e. The molecule has 2 aromatic carbocycles. The monoisotopic (exact) mass is 444 g/mol. The fourth-order valence-corrected chi connectivity index (χ4v) is 4.05. The minimum atomic E-state index is -0.204. The van der Waals surface area contributed by atoms with Crippen LogP contribution in [0.2, 0.25) is 0 Å². The quantitative estimate of drug-likeness (QED) is 0.505. The van der Waals surface area contributed by atoms with E-state index in [4.69, 9.17) is 0 Å². The van der Waals surface area contributed by atoms with Crippen LogP contribution in [-0.4, -0.2) is 56.4 Å². The minimum Gasteiger partial charge on any atom is -0.508 e. The van der Waals surface area contributed by atoms with E-state index in [-0.39, 0.29) is 17.5 Å². The normalized spacial score (nSPS) is 13.9. The van der Waals surface area contributed by atoms with Crippen LogP contribution in [0, 0.1) is 0 Å². The van der Waals surface area contributed by atoms with Crippen LogP contribution in [0.25, 0.3) is 5.65 Å². The number of rotatable bonds is 4. The van der Waals surface area contributed by atoms with Gasteiger partial charge in [-0.05, 0) is 42.0 Å². The van der Waals surface area contributed by atoms with Gasteiger partial charge in [-0.2, -0.15) is 0 Å². The second kappa shape index (κ2) is 8.70. The van der Waals surface area contributed by atoms with Crippen molar-refractivity contribution < 1.29 is 9.90 Å². The zero-order valence-electron chi connectivity index (χ0n) is 18.0. The Kier molecular flexibility index (Phi) is 5.43. The zero-order chi connectivity index (χ0) is 22.8. The van der Waals surface area contributed by atoms with E-state index >= 15 is 0 Å². The number of phenols is 1. The predicted molar refractivity (Wildman–Crippen MR) is 126 cm³/mol. The number of hydrogen-bond donors (Lipinski definition) is 2. The molecule has 1 saturated heterocycles. The van der Waals surface area contributed by atoms with E-state index in [1.165, 1.54) is 9.08 Å². The number of amides is 2. The molecule has 33 heavy (non-hydrogen) atoms. The van der Waals surface area contributed by atoms with Crippen molar-refractivity contribution in [2.75, 3.05) is 36.4 Å². The Hall–Kier alpha value is -4.27. The lowest BCUT2D eigenvalue weighted by atomic mass is 10.2. The third-order valence-corrected chi connectivity index (χ3v) is 5.76. The van der Waals surface area contributed by atoms with E-state index in [1.807, 2.05) is 42.5 Å². The third kappa shape index (κ3) is 4.38. The first-order chi connectivity index (χ1) is 16.1. The van der Waals surface area contributed by atoms with Gasteiger partial charge in [0.25, 0.3) is 0 Å². The summed E-state index contributed by atoms with van der Waals surface area (Å²) in [4.78, 5) is 29.2. The van der Waals surface area contributed by atoms with Gasteiger partial charge in [-0.15, -0.1) is 5.10 Å². The van der Waals surface area contributed by atoms with E-state index in [1.54, 1.807) is 35.4 Å². The highest BCUT2D eigenvalue weighted by Gasteiger charge is 2.21. The number of aromatic nitrogens is 3. The van der Waals surface area contributed by atoms with Crippen molar-refractivity contribution in [3.8, 4) is 5.75 Å². The van der Waals surface area contributed by atoms with Crippen molar-refractivity contribution in [2.24, 2.45) is 0 Å². The molecule has 4 aromatic rings. The topological polar surface area (TPSA) is 95.1 Å². The van der Waals surface area contributed by atoms with Crippen molar-refractivity contribution in [3.63, 3.8) is 0 Å². The Bertz CT molecular complexity index is 1350. The largest absolute Gasteiger partial charge is 0.508 e. The number of piperazine rings is 1. The van der Waals surface area contributed by atoms with Gasteiger partial charge in [-0.1, -0.05) is 24.3 Å². The molecule has 168 valence electrons. The van der Waals surface area contributed by atoms with Crippen LogP contribution in [0.4, 0.5) is 16.2 Å². The number of carbonyl (C=O) groups is 1. The van der Waals surface area contributed by atoms with E-state index < -0.39 is 0 Å². The lowest BCUT2D eigenvalue weighted by molar-refractivity contribution is 0.208. The standard InChI is InChI=1S/C24H24N6O3/c31-21-8-4-7-20(16-21)27-11-13-28(14-12-27)23(32)25-19-6-3-5-18(15-19)17-30-24(33)29-10-2-1-9-22(29)26-30/h1-10,15-16,31H,11-14,17H2,(H,25,32). The molecule has 0 unspecified atom stereocenters. The summed E-state index contributed by atoms with van der Waals surface area (Å²) in [6, 6.07) is 19.8. The van der Waals surface area contributed by atoms with Gasteiger partial charge in [-0.3, -0.25) is 4.40 Å². The average Bonchev–Trinajstić information content (AvgIpc) is 3.14. The summed E-state index contributed by atoms with van der Waals surface area (Å²) in [5.41, 5.74) is 2.88. The molecule has 1 fully saturated rings. The summed E-state index contributed by atoms with van der Waals surface area (Å²) in [7, 11) is 0. The van der Waals surface area contributed by atoms with Crippen molar-refractivity contribution in [1.29, 1.82) is 0 Å². The summed E-state index contributed by atoms with van der Waals surface area (Å²) >= 11 is 0. The third-order valence-electron chi connectivity index (χ3n) is 5.76. The number of anilines is 2. The Morgan fingerprint density at radius 2 is 1.79 bits per heavy atom. The van der Waals surface area contributed by atoms with Crippen molar-refractivity contribution in [3.05, 3.63) is 89.0 Å². The maximum absolute atomic E-state index is 12.8. The molecule has 2 N–H and O–H groups in total. The highest BCUT2D eigenvalue weighted by molar-refractivity contribution is 5.89. The first-order valence-electron chi connectivity index (χ1n) is 10.8. The summed E-state index contributed by atoms with van der Waals surface area (Å²) < 4.78 is 2.92. The Morgan fingerprint density at radius 3 is 2.58 bits per heavy atom. The molecule has 2 amide bonds. The van der Waals surface area contributed by atoms with Gasteiger partial charge < -0.3 is 20.2 Å². The van der Waals surface area contributed by atoms with Gasteiger partial charge in [0.1, 0.15) is 5.75 Å². The molecule has 0 spiro atoms. The zero-order valence-corrected chi connectivity index (χ0v) is 18.0. The van der Waals surface area contributed by atoms with Crippen LogP contribution in [-0.2, 0) is 6.54 Å². The lowest BCUT2D eigenvalue weighted by Gasteiger charge is -2.36. The van der Waals surface area contributed by atoms with Gasteiger partial charge in [0, 0.05) is 49.8 Å². The van der Waals surface area contributed by atoms with Crippen molar-refractivity contribution in [2.45, 2.75) is 6.54 Å². The number of fused-ring (bicyclic) bond motifs is 1. The molecule has 9 heteroatoms. The molecule has 0 saturated carbocycles. The smallest absolute Gasteiger partial charge is 0.350 e. The molecule has 1 aliphatic heterocycles. The van der Waals surface area contributed by atoms with Gasteiger partial charge >= 0.3 is 11.7 Å². The Labute approximate surface area is 190 Å². The number of pyridine rings is 1. The number of phenolic OH excluding ortho intramolecular Hbond substituents is 1. The van der Waals surface area contributed by atoms with Gasteiger partial charge in [0.15, 0.2) is 5.65 Å². The number of carbonyl (C=O) groups excluding carboxylic acids is 1. The Morgan fingerprint density at radius 1 is 0.970 bits per heavy atom. The van der Waals surface area contributed by atoms with Crippen LogP contribution in [0.1, 0.15) is 5.56 Å². The Balaban J connectivity index is 1.22. The molecular formula is C24H24N6O3. The second-order valence-electron chi connectivity index (χ2n) is 7.99. The maximum atomic E-state index is 12.8. The molecule has 3 heterocycles. The van der Waals surface area contributed by atoms with E-state index in [9.17, 15) is 14.7 Å². The van der Waals surface area contributed by atoms with Crippen molar-refractivity contribution >= 4 is 23.1 Å². The number of nitrogens with one attached hydrogen (secondary N) is 1. The molecule has 0 aliphatic carbocycles. The highest BCUT2D eigenvalue weighted by Crippen LogP contribution is 2.21. The fourth-order valence-electron chi connectivity index (χ4n) is 4.05. The number of aromatic hydroxyl groups is 1. The molecule has 0 atom stereocenters. The van der Waals surface area contributed by atoms with Crippen LogP contribution in [0.5, 0.6) is 5.75 Å². The number of benzene rings is 2. The fraction of sp³-hybridized carbons (Fsp3) is 0.208. The molecule has 0 radical (unpaired) electrons. The predicted octanol–water partition coefficient (Wildman–Crippen LogP) is 2.60. The summed E-state index contributed by atoms with van der Waals surface area (Å²) in [6.07, 6.45) is 1.69. The molecule has 2 aromatic heterocycles. The number of nitrogens with zero attached hydrogens (tertiary/aromatic N) is 5. The van der Waals surface area contributed by atoms with Crippen LogP contribution >= 0.6 is 0 Å². The van der Waals surface area contributed by atoms with Crippen LogP contribution < -0.4 is 15.9 Å². The molecule has 0 bridgehead atoms.